The van der Waals surface area contributed by atoms with Crippen LogP contribution in [0.5, 0.6) is 0 Å². The largest absolute Gasteiger partial charge is 0.411 e. The minimum atomic E-state index is -4.41. The summed E-state index contributed by atoms with van der Waals surface area (Å²) in [4.78, 5) is 24.3. The molecule has 0 radical (unpaired) electrons. The SMILES string of the molecule is CCn1cc(NC(=O)c2cccc(COCC(F)(F)F)c2)c(C(=O)NC)n1. The van der Waals surface area contributed by atoms with Gasteiger partial charge in [-0.1, -0.05) is 12.1 Å². The fourth-order valence-electron chi connectivity index (χ4n) is 2.24. The lowest BCUT2D eigenvalue weighted by Gasteiger charge is -2.09. The maximum Gasteiger partial charge on any atom is 0.411 e. The summed E-state index contributed by atoms with van der Waals surface area (Å²) < 4.78 is 42.5. The van der Waals surface area contributed by atoms with E-state index in [9.17, 15) is 22.8 Å². The lowest BCUT2D eigenvalue weighted by Crippen LogP contribution is -2.21. The zero-order valence-electron chi connectivity index (χ0n) is 14.8. The molecule has 10 heteroatoms. The first kappa shape index (κ1) is 20.4. The predicted octanol–water partition coefficient (Wildman–Crippen LogP) is 2.59. The topological polar surface area (TPSA) is 85.2 Å². The summed E-state index contributed by atoms with van der Waals surface area (Å²) in [5.74, 6) is -0.972. The van der Waals surface area contributed by atoms with E-state index in [0.29, 0.717) is 12.1 Å². The molecule has 27 heavy (non-hydrogen) atoms. The van der Waals surface area contributed by atoms with Crippen LogP contribution in [0.15, 0.2) is 30.5 Å². The van der Waals surface area contributed by atoms with Gasteiger partial charge in [0.2, 0.25) is 0 Å². The lowest BCUT2D eigenvalue weighted by molar-refractivity contribution is -0.176. The molecule has 0 saturated carbocycles. The summed E-state index contributed by atoms with van der Waals surface area (Å²) in [5.41, 5.74) is 0.940. The number of halogens is 3. The van der Waals surface area contributed by atoms with E-state index in [1.165, 1.54) is 36.1 Å². The number of carbonyl (C=O) groups is 2. The van der Waals surface area contributed by atoms with Gasteiger partial charge in [0.1, 0.15) is 6.61 Å². The predicted molar refractivity (Wildman–Crippen MR) is 91.4 cm³/mol. The van der Waals surface area contributed by atoms with Crippen LogP contribution in [0.4, 0.5) is 18.9 Å². The van der Waals surface area contributed by atoms with E-state index >= 15 is 0 Å². The maximum atomic E-state index is 12.5. The van der Waals surface area contributed by atoms with Gasteiger partial charge in [-0.3, -0.25) is 14.3 Å². The summed E-state index contributed by atoms with van der Waals surface area (Å²) in [6.07, 6.45) is -2.89. The Morgan fingerprint density at radius 1 is 1.26 bits per heavy atom. The van der Waals surface area contributed by atoms with Crippen molar-refractivity contribution in [3.63, 3.8) is 0 Å². The third kappa shape index (κ3) is 5.81. The highest BCUT2D eigenvalue weighted by molar-refractivity contribution is 6.08. The van der Waals surface area contributed by atoms with Crippen LogP contribution in [0.2, 0.25) is 0 Å². The van der Waals surface area contributed by atoms with Crippen LogP contribution < -0.4 is 10.6 Å². The fraction of sp³-hybridized carbons (Fsp3) is 0.353. The molecule has 0 atom stereocenters. The Morgan fingerprint density at radius 3 is 2.63 bits per heavy atom. The lowest BCUT2D eigenvalue weighted by atomic mass is 10.1. The van der Waals surface area contributed by atoms with E-state index < -0.39 is 24.6 Å². The molecule has 0 aliphatic carbocycles. The van der Waals surface area contributed by atoms with Gasteiger partial charge in [0.25, 0.3) is 11.8 Å². The van der Waals surface area contributed by atoms with E-state index in [1.807, 2.05) is 6.92 Å². The van der Waals surface area contributed by atoms with Crippen molar-refractivity contribution in [2.45, 2.75) is 26.3 Å². The van der Waals surface area contributed by atoms with E-state index in [0.717, 1.165) is 0 Å². The molecule has 0 fully saturated rings. The molecule has 0 unspecified atom stereocenters. The van der Waals surface area contributed by atoms with Crippen LogP contribution in [0, 0.1) is 0 Å². The second-order valence-electron chi connectivity index (χ2n) is 5.59. The number of carbonyl (C=O) groups excluding carboxylic acids is 2. The molecule has 146 valence electrons. The zero-order chi connectivity index (χ0) is 20.0. The van der Waals surface area contributed by atoms with Crippen LogP contribution in [0.25, 0.3) is 0 Å². The molecule has 0 bridgehead atoms. The number of benzene rings is 1. The number of anilines is 1. The minimum absolute atomic E-state index is 0.0670. The molecule has 0 saturated heterocycles. The fourth-order valence-corrected chi connectivity index (χ4v) is 2.24. The first-order valence-electron chi connectivity index (χ1n) is 8.07. The van der Waals surface area contributed by atoms with Crippen molar-refractivity contribution in [1.82, 2.24) is 15.1 Å². The van der Waals surface area contributed by atoms with Gasteiger partial charge in [-0.05, 0) is 24.6 Å². The first-order chi connectivity index (χ1) is 12.7. The Hall–Kier alpha value is -2.88. The molecule has 0 spiro atoms. The molecular formula is C17H19F3N4O3. The van der Waals surface area contributed by atoms with Crippen molar-refractivity contribution in [3.8, 4) is 0 Å². The molecule has 2 amide bonds. The molecule has 2 rings (SSSR count). The highest BCUT2D eigenvalue weighted by Gasteiger charge is 2.27. The number of rotatable bonds is 7. The van der Waals surface area contributed by atoms with E-state index in [-0.39, 0.29) is 23.6 Å². The van der Waals surface area contributed by atoms with Crippen LogP contribution in [0.3, 0.4) is 0 Å². The zero-order valence-corrected chi connectivity index (χ0v) is 14.8. The number of amides is 2. The molecule has 2 aromatic rings. The summed E-state index contributed by atoms with van der Waals surface area (Å²) in [5, 5.41) is 9.13. The Morgan fingerprint density at radius 2 is 2.00 bits per heavy atom. The van der Waals surface area contributed by atoms with Crippen LogP contribution >= 0.6 is 0 Å². The van der Waals surface area contributed by atoms with Gasteiger partial charge in [0.05, 0.1) is 12.3 Å². The van der Waals surface area contributed by atoms with Gasteiger partial charge in [-0.15, -0.1) is 0 Å². The molecule has 0 aliphatic rings. The monoisotopic (exact) mass is 384 g/mol. The number of aromatic nitrogens is 2. The average molecular weight is 384 g/mol. The van der Waals surface area contributed by atoms with Gasteiger partial charge in [-0.2, -0.15) is 18.3 Å². The van der Waals surface area contributed by atoms with Crippen molar-refractivity contribution < 1.29 is 27.5 Å². The van der Waals surface area contributed by atoms with Crippen LogP contribution in [-0.4, -0.2) is 41.4 Å². The molecule has 2 N–H and O–H groups in total. The third-order valence-corrected chi connectivity index (χ3v) is 3.50. The Balaban J connectivity index is 2.11. The molecule has 0 aliphatic heterocycles. The summed E-state index contributed by atoms with van der Waals surface area (Å²) in [6, 6.07) is 6.02. The number of nitrogens with zero attached hydrogens (tertiary/aromatic N) is 2. The highest BCUT2D eigenvalue weighted by Crippen LogP contribution is 2.18. The van der Waals surface area contributed by atoms with Crippen molar-refractivity contribution in [3.05, 3.63) is 47.3 Å². The first-order valence-corrected chi connectivity index (χ1v) is 8.07. The number of hydrogen-bond acceptors (Lipinski definition) is 4. The smallest absolute Gasteiger partial charge is 0.367 e. The molecule has 7 nitrogen and oxygen atoms in total. The van der Waals surface area contributed by atoms with Gasteiger partial charge in [0.15, 0.2) is 5.69 Å². The second-order valence-corrected chi connectivity index (χ2v) is 5.59. The molecule has 1 aromatic carbocycles. The Bertz CT molecular complexity index is 818. The number of aryl methyl sites for hydroxylation is 1. The number of ether oxygens (including phenoxy) is 1. The maximum absolute atomic E-state index is 12.5. The Kier molecular flexibility index (Phi) is 6.56. The summed E-state index contributed by atoms with van der Waals surface area (Å²) in [6.45, 7) is 0.690. The summed E-state index contributed by atoms with van der Waals surface area (Å²) in [7, 11) is 1.45. The van der Waals surface area contributed by atoms with Gasteiger partial charge in [-0.25, -0.2) is 0 Å². The van der Waals surface area contributed by atoms with Crippen molar-refractivity contribution in [1.29, 1.82) is 0 Å². The number of alkyl halides is 3. The minimum Gasteiger partial charge on any atom is -0.367 e. The number of hydrogen-bond donors (Lipinski definition) is 2. The molecular weight excluding hydrogens is 365 g/mol. The molecule has 1 aromatic heterocycles. The standard InChI is InChI=1S/C17H19F3N4O3/c1-3-24-8-13(14(23-24)16(26)21-2)22-15(25)12-6-4-5-11(7-12)9-27-10-17(18,19)20/h4-8H,3,9-10H2,1-2H3,(H,21,26)(H,22,25). The van der Waals surface area contributed by atoms with Gasteiger partial charge >= 0.3 is 6.18 Å². The quantitative estimate of drug-likeness (QED) is 0.769. The average Bonchev–Trinajstić information content (AvgIpc) is 3.03. The molecule has 1 heterocycles. The van der Waals surface area contributed by atoms with Crippen molar-refractivity contribution in [2.24, 2.45) is 0 Å². The Labute approximate surface area is 153 Å². The number of nitrogens with one attached hydrogen (secondary N) is 2. The van der Waals surface area contributed by atoms with Crippen LogP contribution in [0.1, 0.15) is 33.3 Å². The van der Waals surface area contributed by atoms with Gasteiger partial charge < -0.3 is 15.4 Å². The van der Waals surface area contributed by atoms with Crippen LogP contribution in [-0.2, 0) is 17.9 Å². The third-order valence-electron chi connectivity index (χ3n) is 3.50. The van der Waals surface area contributed by atoms with E-state index in [4.69, 9.17) is 0 Å². The summed E-state index contributed by atoms with van der Waals surface area (Å²) >= 11 is 0. The second kappa shape index (κ2) is 8.67. The van der Waals surface area contributed by atoms with E-state index in [2.05, 4.69) is 20.5 Å². The van der Waals surface area contributed by atoms with Gasteiger partial charge in [0, 0.05) is 25.4 Å². The normalized spacial score (nSPS) is 11.3. The van der Waals surface area contributed by atoms with Crippen molar-refractivity contribution in [2.75, 3.05) is 19.0 Å². The highest BCUT2D eigenvalue weighted by atomic mass is 19.4. The van der Waals surface area contributed by atoms with Crippen molar-refractivity contribution >= 4 is 17.5 Å². The van der Waals surface area contributed by atoms with E-state index in [1.54, 1.807) is 6.07 Å².